The van der Waals surface area contributed by atoms with Crippen molar-refractivity contribution in [1.82, 2.24) is 9.55 Å². The third kappa shape index (κ3) is 3.69. The molecule has 0 saturated heterocycles. The lowest BCUT2D eigenvalue weighted by Crippen LogP contribution is -2.35. The van der Waals surface area contributed by atoms with Crippen LogP contribution in [0, 0.1) is 5.82 Å². The molecule has 0 saturated carbocycles. The van der Waals surface area contributed by atoms with Crippen molar-refractivity contribution in [3.05, 3.63) is 56.8 Å². The largest absolute Gasteiger partial charge is 0.361 e. The number of hydrogen-bond donors (Lipinski definition) is 1. The monoisotopic (exact) mass is 353 g/mol. The lowest BCUT2D eigenvalue weighted by molar-refractivity contribution is 0.383. The topological polar surface area (TPSA) is 46.9 Å². The van der Waals surface area contributed by atoms with Gasteiger partial charge in [-0.05, 0) is 39.0 Å². The average Bonchev–Trinajstić information content (AvgIpc) is 2.40. The molecule has 2 aromatic rings. The van der Waals surface area contributed by atoms with Gasteiger partial charge in [-0.1, -0.05) is 15.9 Å². The fourth-order valence-corrected chi connectivity index (χ4v) is 2.33. The summed E-state index contributed by atoms with van der Waals surface area (Å²) in [5.74, 6) is -0.107. The Hall–Kier alpha value is -1.69. The van der Waals surface area contributed by atoms with Crippen molar-refractivity contribution >= 4 is 21.7 Å². The highest BCUT2D eigenvalue weighted by molar-refractivity contribution is 9.10. The molecule has 0 aliphatic carbocycles. The maximum absolute atomic E-state index is 13.7. The van der Waals surface area contributed by atoms with Gasteiger partial charge in [0, 0.05) is 34.5 Å². The van der Waals surface area contributed by atoms with Gasteiger partial charge < -0.3 is 9.88 Å². The smallest absolute Gasteiger partial charge is 0.293 e. The van der Waals surface area contributed by atoms with E-state index < -0.39 is 0 Å². The van der Waals surface area contributed by atoms with Gasteiger partial charge in [-0.3, -0.25) is 4.79 Å². The van der Waals surface area contributed by atoms with Crippen LogP contribution in [-0.4, -0.2) is 9.55 Å². The van der Waals surface area contributed by atoms with Crippen LogP contribution in [0.5, 0.6) is 0 Å². The highest BCUT2D eigenvalue weighted by Crippen LogP contribution is 2.16. The normalized spacial score (nSPS) is 11.5. The van der Waals surface area contributed by atoms with Crippen molar-refractivity contribution < 1.29 is 4.39 Å². The van der Waals surface area contributed by atoms with Gasteiger partial charge in [0.2, 0.25) is 0 Å². The van der Waals surface area contributed by atoms with Crippen LogP contribution in [0.25, 0.3) is 0 Å². The second-order valence-corrected chi connectivity index (χ2v) is 6.63. The number of halogens is 2. The number of aromatic nitrogens is 2. The average molecular weight is 354 g/mol. The zero-order valence-electron chi connectivity index (χ0n) is 12.2. The summed E-state index contributed by atoms with van der Waals surface area (Å²) in [5, 5.41) is 2.90. The molecule has 6 heteroatoms. The molecule has 0 unspecified atom stereocenters. The minimum Gasteiger partial charge on any atom is -0.361 e. The highest BCUT2D eigenvalue weighted by Gasteiger charge is 2.16. The van der Waals surface area contributed by atoms with Crippen LogP contribution in [0.4, 0.5) is 10.2 Å². The van der Waals surface area contributed by atoms with Gasteiger partial charge in [-0.25, -0.2) is 9.37 Å². The van der Waals surface area contributed by atoms with E-state index in [0.29, 0.717) is 5.56 Å². The summed E-state index contributed by atoms with van der Waals surface area (Å²) in [6, 6.07) is 4.69. The SMILES string of the molecule is CC(C)(C)n1ccnc(NCc2cc(Br)ccc2F)c1=O. The lowest BCUT2D eigenvalue weighted by atomic mass is 10.1. The Bertz CT molecular complexity index is 707. The summed E-state index contributed by atoms with van der Waals surface area (Å²) in [7, 11) is 0. The number of nitrogens with one attached hydrogen (secondary N) is 1. The first kappa shape index (κ1) is 15.7. The first-order chi connectivity index (χ1) is 9.79. The molecule has 0 aliphatic heterocycles. The number of rotatable bonds is 3. The highest BCUT2D eigenvalue weighted by atomic mass is 79.9. The quantitative estimate of drug-likeness (QED) is 0.918. The summed E-state index contributed by atoms with van der Waals surface area (Å²) < 4.78 is 16.1. The van der Waals surface area contributed by atoms with Crippen molar-refractivity contribution in [2.24, 2.45) is 0 Å². The Morgan fingerprint density at radius 1 is 1.38 bits per heavy atom. The molecular weight excluding hydrogens is 337 g/mol. The van der Waals surface area contributed by atoms with Gasteiger partial charge in [0.05, 0.1) is 0 Å². The fourth-order valence-electron chi connectivity index (χ4n) is 1.92. The van der Waals surface area contributed by atoms with E-state index in [9.17, 15) is 9.18 Å². The van der Waals surface area contributed by atoms with Gasteiger partial charge >= 0.3 is 0 Å². The van der Waals surface area contributed by atoms with E-state index >= 15 is 0 Å². The second-order valence-electron chi connectivity index (χ2n) is 5.71. The molecule has 0 bridgehead atoms. The van der Waals surface area contributed by atoms with Crippen LogP contribution >= 0.6 is 15.9 Å². The maximum Gasteiger partial charge on any atom is 0.293 e. The molecule has 0 spiro atoms. The Kier molecular flexibility index (Phi) is 4.46. The van der Waals surface area contributed by atoms with Gasteiger partial charge in [0.25, 0.3) is 5.56 Å². The molecule has 21 heavy (non-hydrogen) atoms. The Morgan fingerprint density at radius 2 is 2.10 bits per heavy atom. The molecule has 112 valence electrons. The zero-order valence-corrected chi connectivity index (χ0v) is 13.7. The van der Waals surface area contributed by atoms with E-state index in [1.54, 1.807) is 29.1 Å². The molecule has 0 fully saturated rings. The van der Waals surface area contributed by atoms with Crippen LogP contribution in [0.2, 0.25) is 0 Å². The van der Waals surface area contributed by atoms with Crippen molar-refractivity contribution in [3.63, 3.8) is 0 Å². The zero-order chi connectivity index (χ0) is 15.6. The molecule has 0 radical (unpaired) electrons. The van der Waals surface area contributed by atoms with Crippen LogP contribution in [-0.2, 0) is 12.1 Å². The Morgan fingerprint density at radius 3 is 2.76 bits per heavy atom. The van der Waals surface area contributed by atoms with Crippen LogP contribution in [0.1, 0.15) is 26.3 Å². The summed E-state index contributed by atoms with van der Waals surface area (Å²) in [6.07, 6.45) is 3.21. The first-order valence-corrected chi connectivity index (χ1v) is 7.34. The van der Waals surface area contributed by atoms with Crippen molar-refractivity contribution in [3.8, 4) is 0 Å². The van der Waals surface area contributed by atoms with E-state index in [1.165, 1.54) is 6.07 Å². The minimum absolute atomic E-state index is 0.196. The van der Waals surface area contributed by atoms with E-state index in [-0.39, 0.29) is 29.3 Å². The Balaban J connectivity index is 2.25. The first-order valence-electron chi connectivity index (χ1n) is 6.55. The molecule has 0 aliphatic rings. The number of benzene rings is 1. The number of anilines is 1. The summed E-state index contributed by atoms with van der Waals surface area (Å²) in [6.45, 7) is 6.01. The summed E-state index contributed by atoms with van der Waals surface area (Å²) in [4.78, 5) is 16.4. The molecule has 0 atom stereocenters. The standard InChI is InChI=1S/C15H17BrFN3O/c1-15(2,3)20-7-6-18-13(14(20)21)19-9-10-8-11(16)4-5-12(10)17/h4-8H,9H2,1-3H3,(H,18,19). The van der Waals surface area contributed by atoms with E-state index in [2.05, 4.69) is 26.2 Å². The van der Waals surface area contributed by atoms with Gasteiger partial charge in [0.1, 0.15) is 5.82 Å². The maximum atomic E-state index is 13.7. The predicted octanol–water partition coefficient (Wildman–Crippen LogP) is 3.51. The van der Waals surface area contributed by atoms with Crippen molar-refractivity contribution in [1.29, 1.82) is 0 Å². The van der Waals surface area contributed by atoms with Gasteiger partial charge in [-0.2, -0.15) is 0 Å². The molecule has 1 heterocycles. The molecule has 1 aromatic carbocycles. The molecule has 2 rings (SSSR count). The van der Waals surface area contributed by atoms with E-state index in [1.807, 2.05) is 20.8 Å². The van der Waals surface area contributed by atoms with Crippen molar-refractivity contribution in [2.75, 3.05) is 5.32 Å². The van der Waals surface area contributed by atoms with E-state index in [0.717, 1.165) is 4.47 Å². The minimum atomic E-state index is -0.336. The van der Waals surface area contributed by atoms with Crippen LogP contribution < -0.4 is 10.9 Å². The van der Waals surface area contributed by atoms with Crippen LogP contribution in [0.15, 0.2) is 39.9 Å². The fraction of sp³-hybridized carbons (Fsp3) is 0.333. The summed E-state index contributed by atoms with van der Waals surface area (Å²) in [5.41, 5.74) is -0.0885. The molecule has 4 nitrogen and oxygen atoms in total. The molecule has 1 aromatic heterocycles. The predicted molar refractivity (Wildman–Crippen MR) is 84.9 cm³/mol. The van der Waals surface area contributed by atoms with Gasteiger partial charge in [-0.15, -0.1) is 0 Å². The van der Waals surface area contributed by atoms with Gasteiger partial charge in [0.15, 0.2) is 5.82 Å². The second kappa shape index (κ2) is 5.97. The van der Waals surface area contributed by atoms with E-state index in [4.69, 9.17) is 0 Å². The molecule has 1 N–H and O–H groups in total. The third-order valence-electron chi connectivity index (χ3n) is 3.02. The number of nitrogens with zero attached hydrogens (tertiary/aromatic N) is 2. The summed E-state index contributed by atoms with van der Waals surface area (Å²) >= 11 is 3.30. The third-order valence-corrected chi connectivity index (χ3v) is 3.51. The Labute approximate surface area is 131 Å². The lowest BCUT2D eigenvalue weighted by Gasteiger charge is -2.22. The van der Waals surface area contributed by atoms with Crippen molar-refractivity contribution in [2.45, 2.75) is 32.9 Å². The number of hydrogen-bond acceptors (Lipinski definition) is 3. The molecule has 0 amide bonds. The van der Waals surface area contributed by atoms with Crippen LogP contribution in [0.3, 0.4) is 0 Å². The molecular formula is C15H17BrFN3O.